The minimum Gasteiger partial charge on any atom is -0.390 e. The standard InChI is InChI=1S/C14H16N4O2S/c15-7-10-8-17-18(14(10)16)11-3-1-9(2-4-11)13(20)12(19)5-6-21/h1-4,8,12-13,19-21H,5-6,16H2. The van der Waals surface area contributed by atoms with Crippen LogP contribution in [0.5, 0.6) is 0 Å². The van der Waals surface area contributed by atoms with E-state index < -0.39 is 12.2 Å². The summed E-state index contributed by atoms with van der Waals surface area (Å²) < 4.78 is 1.44. The Labute approximate surface area is 127 Å². The van der Waals surface area contributed by atoms with Crippen LogP contribution in [0.25, 0.3) is 5.69 Å². The van der Waals surface area contributed by atoms with Gasteiger partial charge in [-0.2, -0.15) is 23.0 Å². The van der Waals surface area contributed by atoms with E-state index in [-0.39, 0.29) is 5.82 Å². The van der Waals surface area contributed by atoms with Crippen molar-refractivity contribution in [2.24, 2.45) is 0 Å². The van der Waals surface area contributed by atoms with Gasteiger partial charge < -0.3 is 15.9 Å². The molecule has 0 amide bonds. The molecular weight excluding hydrogens is 288 g/mol. The minimum absolute atomic E-state index is 0.265. The molecule has 1 heterocycles. The van der Waals surface area contributed by atoms with E-state index in [4.69, 9.17) is 11.0 Å². The van der Waals surface area contributed by atoms with Crippen LogP contribution in [0.15, 0.2) is 30.5 Å². The first-order valence-corrected chi connectivity index (χ1v) is 7.02. The van der Waals surface area contributed by atoms with Crippen LogP contribution in [0.2, 0.25) is 0 Å². The lowest BCUT2D eigenvalue weighted by Gasteiger charge is -2.17. The van der Waals surface area contributed by atoms with Crippen molar-refractivity contribution < 1.29 is 10.2 Å². The number of nitrogens with two attached hydrogens (primary N) is 1. The summed E-state index contributed by atoms with van der Waals surface area (Å²) in [6.07, 6.45) is -0.0118. The molecule has 2 atom stereocenters. The van der Waals surface area contributed by atoms with Crippen molar-refractivity contribution in [3.63, 3.8) is 0 Å². The third kappa shape index (κ3) is 3.19. The molecule has 0 radical (unpaired) electrons. The van der Waals surface area contributed by atoms with Gasteiger partial charge in [0.15, 0.2) is 0 Å². The predicted octanol–water partition coefficient (Wildman–Crippen LogP) is 1.04. The molecule has 0 spiro atoms. The Balaban J connectivity index is 2.23. The van der Waals surface area contributed by atoms with E-state index in [2.05, 4.69) is 17.7 Å². The highest BCUT2D eigenvalue weighted by Crippen LogP contribution is 2.22. The van der Waals surface area contributed by atoms with Gasteiger partial charge >= 0.3 is 0 Å². The van der Waals surface area contributed by atoms with Gasteiger partial charge in [0, 0.05) is 0 Å². The molecule has 2 unspecified atom stereocenters. The zero-order chi connectivity index (χ0) is 15.4. The lowest BCUT2D eigenvalue weighted by molar-refractivity contribution is 0.0172. The molecule has 21 heavy (non-hydrogen) atoms. The first-order chi connectivity index (χ1) is 10.1. The second kappa shape index (κ2) is 6.63. The highest BCUT2D eigenvalue weighted by Gasteiger charge is 2.17. The molecule has 2 aromatic rings. The van der Waals surface area contributed by atoms with Crippen LogP contribution >= 0.6 is 12.6 Å². The van der Waals surface area contributed by atoms with Gasteiger partial charge in [0.1, 0.15) is 23.6 Å². The van der Waals surface area contributed by atoms with Crippen LogP contribution in [0, 0.1) is 11.3 Å². The second-order valence-corrected chi connectivity index (χ2v) is 5.03. The SMILES string of the molecule is N#Cc1cnn(-c2ccc(C(O)C(O)CCS)cc2)c1N. The van der Waals surface area contributed by atoms with Crippen LogP contribution in [-0.2, 0) is 0 Å². The molecule has 0 saturated heterocycles. The van der Waals surface area contributed by atoms with Crippen molar-refractivity contribution >= 4 is 18.4 Å². The highest BCUT2D eigenvalue weighted by molar-refractivity contribution is 7.80. The lowest BCUT2D eigenvalue weighted by Crippen LogP contribution is -2.18. The Morgan fingerprint density at radius 2 is 2.00 bits per heavy atom. The summed E-state index contributed by atoms with van der Waals surface area (Å²) in [6.45, 7) is 0. The number of benzene rings is 1. The van der Waals surface area contributed by atoms with Gasteiger partial charge in [-0.05, 0) is 29.9 Å². The maximum absolute atomic E-state index is 10.0. The second-order valence-electron chi connectivity index (χ2n) is 4.58. The number of hydrogen-bond acceptors (Lipinski definition) is 6. The Morgan fingerprint density at radius 3 is 2.52 bits per heavy atom. The number of nitriles is 1. The molecule has 0 bridgehead atoms. The molecule has 4 N–H and O–H groups in total. The molecule has 0 aliphatic rings. The van der Waals surface area contributed by atoms with Gasteiger partial charge in [0.25, 0.3) is 0 Å². The van der Waals surface area contributed by atoms with Crippen molar-refractivity contribution in [1.82, 2.24) is 9.78 Å². The molecule has 7 heteroatoms. The summed E-state index contributed by atoms with van der Waals surface area (Å²) in [6, 6.07) is 8.77. The number of thiol groups is 1. The molecule has 2 rings (SSSR count). The molecule has 6 nitrogen and oxygen atoms in total. The maximum atomic E-state index is 10.0. The third-order valence-corrected chi connectivity index (χ3v) is 3.45. The quantitative estimate of drug-likeness (QED) is 0.617. The zero-order valence-corrected chi connectivity index (χ0v) is 12.1. The number of rotatable bonds is 5. The van der Waals surface area contributed by atoms with Crippen molar-refractivity contribution in [2.75, 3.05) is 11.5 Å². The Morgan fingerprint density at radius 1 is 1.33 bits per heavy atom. The van der Waals surface area contributed by atoms with Crippen molar-refractivity contribution in [3.05, 3.63) is 41.6 Å². The fourth-order valence-corrected chi connectivity index (χ4v) is 2.24. The van der Waals surface area contributed by atoms with Crippen LogP contribution in [0.1, 0.15) is 23.7 Å². The molecule has 0 saturated carbocycles. The summed E-state index contributed by atoms with van der Waals surface area (Å²) in [5, 5.41) is 32.7. The number of hydrogen-bond donors (Lipinski definition) is 4. The van der Waals surface area contributed by atoms with E-state index >= 15 is 0 Å². The average Bonchev–Trinajstić information content (AvgIpc) is 2.88. The van der Waals surface area contributed by atoms with E-state index in [9.17, 15) is 10.2 Å². The molecule has 110 valence electrons. The van der Waals surface area contributed by atoms with E-state index in [1.807, 2.05) is 6.07 Å². The smallest absolute Gasteiger partial charge is 0.145 e. The molecule has 1 aromatic heterocycles. The molecule has 0 fully saturated rings. The molecule has 1 aromatic carbocycles. The largest absolute Gasteiger partial charge is 0.390 e. The summed E-state index contributed by atoms with van der Waals surface area (Å²) in [7, 11) is 0. The first kappa shape index (κ1) is 15.4. The number of aliphatic hydroxyl groups is 2. The summed E-state index contributed by atoms with van der Waals surface area (Å²) in [4.78, 5) is 0. The van der Waals surface area contributed by atoms with Crippen LogP contribution < -0.4 is 5.73 Å². The topological polar surface area (TPSA) is 108 Å². The fourth-order valence-electron chi connectivity index (χ4n) is 1.97. The Hall–Kier alpha value is -2.01. The van der Waals surface area contributed by atoms with Crippen LogP contribution in [0.3, 0.4) is 0 Å². The van der Waals surface area contributed by atoms with Crippen LogP contribution in [-0.4, -0.2) is 31.9 Å². The van der Waals surface area contributed by atoms with Gasteiger partial charge in [-0.25, -0.2) is 4.68 Å². The number of anilines is 1. The molecule has 0 aliphatic heterocycles. The predicted molar refractivity (Wildman–Crippen MR) is 82.1 cm³/mol. The van der Waals surface area contributed by atoms with E-state index in [1.165, 1.54) is 10.9 Å². The third-order valence-electron chi connectivity index (χ3n) is 3.20. The van der Waals surface area contributed by atoms with E-state index in [1.54, 1.807) is 24.3 Å². The average molecular weight is 304 g/mol. The van der Waals surface area contributed by atoms with Gasteiger partial charge in [-0.1, -0.05) is 12.1 Å². The molecule has 0 aliphatic carbocycles. The Bertz CT molecular complexity index is 648. The zero-order valence-electron chi connectivity index (χ0n) is 11.2. The Kier molecular flexibility index (Phi) is 4.85. The van der Waals surface area contributed by atoms with Gasteiger partial charge in [0.2, 0.25) is 0 Å². The maximum Gasteiger partial charge on any atom is 0.145 e. The number of nitrogen functional groups attached to an aromatic ring is 1. The van der Waals surface area contributed by atoms with Crippen molar-refractivity contribution in [2.45, 2.75) is 18.6 Å². The minimum atomic E-state index is -0.962. The van der Waals surface area contributed by atoms with E-state index in [0.717, 1.165) is 0 Å². The van der Waals surface area contributed by atoms with Gasteiger partial charge in [0.05, 0.1) is 18.0 Å². The van der Waals surface area contributed by atoms with E-state index in [0.29, 0.717) is 29.0 Å². The normalized spacial score (nSPS) is 13.6. The summed E-state index contributed by atoms with van der Waals surface area (Å²) >= 11 is 4.03. The van der Waals surface area contributed by atoms with Gasteiger partial charge in [-0.15, -0.1) is 0 Å². The first-order valence-electron chi connectivity index (χ1n) is 6.39. The van der Waals surface area contributed by atoms with Crippen molar-refractivity contribution in [1.29, 1.82) is 5.26 Å². The highest BCUT2D eigenvalue weighted by atomic mass is 32.1. The number of aliphatic hydroxyl groups excluding tert-OH is 2. The summed E-state index contributed by atoms with van der Waals surface area (Å²) in [5.74, 6) is 0.762. The monoisotopic (exact) mass is 304 g/mol. The lowest BCUT2D eigenvalue weighted by atomic mass is 10.0. The summed E-state index contributed by atoms with van der Waals surface area (Å²) in [5.41, 5.74) is 7.39. The van der Waals surface area contributed by atoms with Gasteiger partial charge in [-0.3, -0.25) is 0 Å². The van der Waals surface area contributed by atoms with Crippen LogP contribution in [0.4, 0.5) is 5.82 Å². The number of nitrogens with zero attached hydrogens (tertiary/aromatic N) is 3. The van der Waals surface area contributed by atoms with Crippen molar-refractivity contribution in [3.8, 4) is 11.8 Å². The fraction of sp³-hybridized carbons (Fsp3) is 0.286. The molecular formula is C14H16N4O2S. The number of aromatic nitrogens is 2.